The third-order valence-corrected chi connectivity index (χ3v) is 5.63. The number of fused-ring (bicyclic) bond motifs is 1. The molecule has 0 unspecified atom stereocenters. The van der Waals surface area contributed by atoms with E-state index in [1.54, 1.807) is 13.3 Å². The Morgan fingerprint density at radius 2 is 1.87 bits per heavy atom. The zero-order valence-electron chi connectivity index (χ0n) is 17.4. The number of nitrogens with one attached hydrogen (secondary N) is 1. The summed E-state index contributed by atoms with van der Waals surface area (Å²) in [4.78, 5) is 4.63. The van der Waals surface area contributed by atoms with Gasteiger partial charge >= 0.3 is 0 Å². The average Bonchev–Trinajstić information content (AvgIpc) is 3.16. The molecule has 4 rings (SSSR count). The second-order valence-electron chi connectivity index (χ2n) is 6.85. The van der Waals surface area contributed by atoms with E-state index in [-0.39, 0.29) is 0 Å². The highest BCUT2D eigenvalue weighted by atomic mass is 127. The average molecular weight is 526 g/mol. The number of aryl methyl sites for hydroxylation is 1. The highest BCUT2D eigenvalue weighted by molar-refractivity contribution is 14.1. The maximum absolute atomic E-state index is 6.03. The summed E-state index contributed by atoms with van der Waals surface area (Å²) < 4.78 is 14.6. The van der Waals surface area contributed by atoms with Gasteiger partial charge in [-0.3, -0.25) is 0 Å². The van der Waals surface area contributed by atoms with E-state index in [0.29, 0.717) is 18.3 Å². The molecule has 0 aliphatic carbocycles. The Bertz CT molecular complexity index is 1210. The Morgan fingerprint density at radius 1 is 1.10 bits per heavy atom. The Balaban J connectivity index is 1.51. The highest BCUT2D eigenvalue weighted by Crippen LogP contribution is 2.34. The molecule has 4 aromatic rings. The number of ether oxygens (including phenoxy) is 2. The lowest BCUT2D eigenvalue weighted by Gasteiger charge is -2.13. The van der Waals surface area contributed by atoms with E-state index in [1.165, 1.54) is 0 Å². The molecule has 0 atom stereocenters. The number of para-hydroxylation sites is 2. The third kappa shape index (κ3) is 4.82. The summed E-state index contributed by atoms with van der Waals surface area (Å²) in [6.45, 7) is 3.37. The van der Waals surface area contributed by atoms with Crippen LogP contribution in [0.5, 0.6) is 11.5 Å². The van der Waals surface area contributed by atoms with E-state index in [2.05, 4.69) is 55.7 Å². The zero-order valence-corrected chi connectivity index (χ0v) is 19.5. The minimum atomic E-state index is 0.482. The maximum atomic E-state index is 6.03. The first-order valence-corrected chi connectivity index (χ1v) is 11.1. The predicted molar refractivity (Wildman–Crippen MR) is 133 cm³/mol. The van der Waals surface area contributed by atoms with E-state index in [9.17, 15) is 0 Å². The number of aromatic nitrogens is 2. The van der Waals surface area contributed by atoms with E-state index in [4.69, 9.17) is 9.47 Å². The third-order valence-electron chi connectivity index (χ3n) is 4.83. The number of halogens is 1. The zero-order chi connectivity index (χ0) is 21.6. The van der Waals surface area contributed by atoms with Crippen LogP contribution < -0.4 is 14.9 Å². The predicted octanol–water partition coefficient (Wildman–Crippen LogP) is 5.69. The van der Waals surface area contributed by atoms with Gasteiger partial charge in [-0.25, -0.2) is 10.4 Å². The lowest BCUT2D eigenvalue weighted by atomic mass is 10.2. The van der Waals surface area contributed by atoms with Crippen molar-refractivity contribution >= 4 is 45.8 Å². The van der Waals surface area contributed by atoms with E-state index in [0.717, 1.165) is 38.0 Å². The van der Waals surface area contributed by atoms with E-state index >= 15 is 0 Å². The second-order valence-corrected chi connectivity index (χ2v) is 8.01. The van der Waals surface area contributed by atoms with Crippen LogP contribution in [0.2, 0.25) is 0 Å². The number of hydrogen-bond donors (Lipinski definition) is 1. The van der Waals surface area contributed by atoms with Crippen LogP contribution in [0.25, 0.3) is 11.0 Å². The molecule has 0 saturated carbocycles. The fraction of sp³-hybridized carbons (Fsp3) is 0.167. The molecular weight excluding hydrogens is 503 g/mol. The fourth-order valence-electron chi connectivity index (χ4n) is 3.33. The number of benzene rings is 3. The molecule has 0 bridgehead atoms. The summed E-state index contributed by atoms with van der Waals surface area (Å²) in [5.74, 6) is 2.11. The molecule has 0 amide bonds. The lowest BCUT2D eigenvalue weighted by Crippen LogP contribution is -2.03. The van der Waals surface area contributed by atoms with Gasteiger partial charge in [-0.2, -0.15) is 5.10 Å². The molecule has 1 aromatic heterocycles. The largest absolute Gasteiger partial charge is 0.493 e. The van der Waals surface area contributed by atoms with Gasteiger partial charge in [0.1, 0.15) is 6.61 Å². The van der Waals surface area contributed by atoms with Gasteiger partial charge in [0.2, 0.25) is 5.95 Å². The van der Waals surface area contributed by atoms with Crippen molar-refractivity contribution in [3.63, 3.8) is 0 Å². The number of hydrogen-bond acceptors (Lipinski definition) is 5. The summed E-state index contributed by atoms with van der Waals surface area (Å²) in [7, 11) is 1.64. The van der Waals surface area contributed by atoms with Gasteiger partial charge in [-0.15, -0.1) is 0 Å². The Labute approximate surface area is 195 Å². The number of anilines is 1. The smallest absolute Gasteiger partial charge is 0.224 e. The Hall–Kier alpha value is -3.07. The maximum Gasteiger partial charge on any atom is 0.224 e. The molecule has 0 radical (unpaired) electrons. The number of nitrogens with zero attached hydrogens (tertiary/aromatic N) is 3. The molecule has 3 aromatic carbocycles. The quantitative estimate of drug-likeness (QED) is 0.182. The van der Waals surface area contributed by atoms with Crippen molar-refractivity contribution in [2.24, 2.45) is 5.10 Å². The van der Waals surface area contributed by atoms with Crippen molar-refractivity contribution in [2.75, 3.05) is 12.5 Å². The molecule has 0 aliphatic heterocycles. The first-order valence-electron chi connectivity index (χ1n) is 9.98. The van der Waals surface area contributed by atoms with Gasteiger partial charge in [0.15, 0.2) is 11.5 Å². The number of methoxy groups -OCH3 is 1. The van der Waals surface area contributed by atoms with Gasteiger partial charge in [-0.05, 0) is 64.9 Å². The molecule has 1 N–H and O–H groups in total. The van der Waals surface area contributed by atoms with Crippen LogP contribution in [0.15, 0.2) is 71.8 Å². The first kappa shape index (κ1) is 21.2. The van der Waals surface area contributed by atoms with Gasteiger partial charge in [0.25, 0.3) is 0 Å². The molecule has 0 spiro atoms. The van der Waals surface area contributed by atoms with E-state index < -0.39 is 0 Å². The second kappa shape index (κ2) is 9.82. The van der Waals surface area contributed by atoms with Crippen molar-refractivity contribution in [1.82, 2.24) is 9.55 Å². The topological polar surface area (TPSA) is 60.7 Å². The lowest BCUT2D eigenvalue weighted by molar-refractivity contribution is 0.282. The molecule has 0 fully saturated rings. The molecular formula is C24H23IN4O2. The first-order chi connectivity index (χ1) is 15.2. The van der Waals surface area contributed by atoms with Crippen LogP contribution >= 0.6 is 22.6 Å². The van der Waals surface area contributed by atoms with Crippen molar-refractivity contribution in [2.45, 2.75) is 20.1 Å². The van der Waals surface area contributed by atoms with Gasteiger partial charge in [0, 0.05) is 6.54 Å². The molecule has 0 saturated heterocycles. The molecule has 1 heterocycles. The molecule has 158 valence electrons. The summed E-state index contributed by atoms with van der Waals surface area (Å²) in [5.41, 5.74) is 7.10. The van der Waals surface area contributed by atoms with Crippen molar-refractivity contribution in [3.05, 3.63) is 81.4 Å². The highest BCUT2D eigenvalue weighted by Gasteiger charge is 2.12. The minimum absolute atomic E-state index is 0.482. The molecule has 31 heavy (non-hydrogen) atoms. The van der Waals surface area contributed by atoms with Crippen molar-refractivity contribution in [3.8, 4) is 11.5 Å². The summed E-state index contributed by atoms with van der Waals surface area (Å²) in [6.07, 6.45) is 1.75. The number of imidazole rings is 1. The summed E-state index contributed by atoms with van der Waals surface area (Å²) in [5, 5.41) is 4.40. The van der Waals surface area contributed by atoms with Crippen LogP contribution in [-0.4, -0.2) is 22.9 Å². The van der Waals surface area contributed by atoms with Crippen molar-refractivity contribution < 1.29 is 9.47 Å². The molecule has 0 aliphatic rings. The SMILES string of the molecule is CCn1c(N/N=C\c2cc(I)c(OCc3ccccc3)c(OC)c2)nc2ccccc21. The van der Waals surface area contributed by atoms with Crippen molar-refractivity contribution in [1.29, 1.82) is 0 Å². The van der Waals surface area contributed by atoms with Crippen LogP contribution in [-0.2, 0) is 13.2 Å². The molecule has 6 nitrogen and oxygen atoms in total. The monoisotopic (exact) mass is 526 g/mol. The number of rotatable bonds is 8. The molecule has 7 heteroatoms. The van der Waals surface area contributed by atoms with Gasteiger partial charge in [0.05, 0.1) is 27.9 Å². The summed E-state index contributed by atoms with van der Waals surface area (Å²) >= 11 is 2.26. The van der Waals surface area contributed by atoms with Gasteiger partial charge < -0.3 is 14.0 Å². The van der Waals surface area contributed by atoms with Crippen LogP contribution in [0.4, 0.5) is 5.95 Å². The van der Waals surface area contributed by atoms with Crippen LogP contribution in [0.3, 0.4) is 0 Å². The normalized spacial score (nSPS) is 11.2. The number of hydrazone groups is 1. The van der Waals surface area contributed by atoms with Crippen LogP contribution in [0, 0.1) is 3.57 Å². The Morgan fingerprint density at radius 3 is 2.65 bits per heavy atom. The Kier molecular flexibility index (Phi) is 6.71. The van der Waals surface area contributed by atoms with E-state index in [1.807, 2.05) is 60.7 Å². The summed E-state index contributed by atoms with van der Waals surface area (Å²) in [6, 6.07) is 22.0. The van der Waals surface area contributed by atoms with Crippen LogP contribution in [0.1, 0.15) is 18.1 Å². The van der Waals surface area contributed by atoms with Gasteiger partial charge in [-0.1, -0.05) is 42.5 Å². The minimum Gasteiger partial charge on any atom is -0.493 e. The standard InChI is InChI=1S/C24H23IN4O2/c1-3-29-21-12-8-7-11-20(21)27-24(29)28-26-15-18-13-19(25)23(22(14-18)30-2)31-16-17-9-5-4-6-10-17/h4-15H,3,16H2,1-2H3,(H,27,28)/b26-15-. The fourth-order valence-corrected chi connectivity index (χ4v) is 4.11.